The molecule has 0 aromatic heterocycles. The fraction of sp³-hybridized carbons (Fsp3) is 0.542. The maximum Gasteiger partial charge on any atom is 0.239 e. The topological polar surface area (TPSA) is 46.0 Å². The van der Waals surface area contributed by atoms with Gasteiger partial charge in [-0.1, -0.05) is 36.8 Å². The number of hydrogen-bond acceptors (Lipinski definition) is 3. The lowest BCUT2D eigenvalue weighted by Crippen LogP contribution is -3.23. The number of carbonyl (C=O) groups is 1. The summed E-state index contributed by atoms with van der Waals surface area (Å²) in [5.41, 5.74) is 1.27. The van der Waals surface area contributed by atoms with Crippen molar-refractivity contribution < 1.29 is 14.4 Å². The van der Waals surface area contributed by atoms with Crippen LogP contribution in [0.25, 0.3) is 10.8 Å². The van der Waals surface area contributed by atoms with Crippen LogP contribution in [0, 0.1) is 0 Å². The maximum atomic E-state index is 12.8. The summed E-state index contributed by atoms with van der Waals surface area (Å²) in [5, 5.41) is 5.71. The quantitative estimate of drug-likeness (QED) is 0.785. The molecular formula is C24H34N3O2+. The number of quaternary nitrogens is 1. The molecular weight excluding hydrogens is 362 g/mol. The van der Waals surface area contributed by atoms with Gasteiger partial charge in [0.15, 0.2) is 0 Å². The molecule has 2 aromatic carbocycles. The fourth-order valence-corrected chi connectivity index (χ4v) is 5.08. The van der Waals surface area contributed by atoms with Crippen molar-refractivity contribution in [2.75, 3.05) is 51.3 Å². The molecule has 1 aliphatic heterocycles. The van der Waals surface area contributed by atoms with Gasteiger partial charge in [-0.05, 0) is 35.7 Å². The second-order valence-corrected chi connectivity index (χ2v) is 8.72. The van der Waals surface area contributed by atoms with Crippen LogP contribution in [-0.4, -0.2) is 57.9 Å². The zero-order chi connectivity index (χ0) is 20.1. The van der Waals surface area contributed by atoms with Crippen LogP contribution in [0.3, 0.4) is 0 Å². The molecule has 1 saturated heterocycles. The molecule has 5 nitrogen and oxygen atoms in total. The minimum atomic E-state index is 0.110. The van der Waals surface area contributed by atoms with Gasteiger partial charge >= 0.3 is 0 Å². The molecule has 0 atom stereocenters. The van der Waals surface area contributed by atoms with E-state index in [9.17, 15) is 4.79 Å². The number of nitrogens with one attached hydrogen (secondary N) is 2. The monoisotopic (exact) mass is 396 g/mol. The second-order valence-electron chi connectivity index (χ2n) is 8.72. The Bertz CT molecular complexity index is 826. The van der Waals surface area contributed by atoms with E-state index < -0.39 is 0 Å². The highest BCUT2D eigenvalue weighted by Gasteiger charge is 2.42. The number of carbonyl (C=O) groups excluding carboxylic acids is 1. The number of anilines is 1. The number of morpholine rings is 1. The predicted octanol–water partition coefficient (Wildman–Crippen LogP) is 2.01. The van der Waals surface area contributed by atoms with E-state index in [0.717, 1.165) is 38.5 Å². The largest absolute Gasteiger partial charge is 0.370 e. The molecule has 156 valence electrons. The Hall–Kier alpha value is -2.11. The Morgan fingerprint density at radius 2 is 1.79 bits per heavy atom. The fourth-order valence-electron chi connectivity index (χ4n) is 5.08. The minimum absolute atomic E-state index is 0.110. The van der Waals surface area contributed by atoms with E-state index in [2.05, 4.69) is 47.8 Å². The molecule has 1 heterocycles. The highest BCUT2D eigenvalue weighted by molar-refractivity contribution is 5.87. The zero-order valence-electron chi connectivity index (χ0n) is 17.6. The summed E-state index contributed by atoms with van der Waals surface area (Å²) in [6, 6.07) is 14.7. The Balaban J connectivity index is 1.37. The van der Waals surface area contributed by atoms with E-state index in [-0.39, 0.29) is 11.4 Å². The van der Waals surface area contributed by atoms with Crippen LogP contribution in [0.4, 0.5) is 5.69 Å². The second kappa shape index (κ2) is 9.14. The molecule has 2 fully saturated rings. The molecule has 5 heteroatoms. The normalized spacial score (nSPS) is 19.8. The Morgan fingerprint density at radius 1 is 1.07 bits per heavy atom. The molecule has 1 saturated carbocycles. The summed E-state index contributed by atoms with van der Waals surface area (Å²) in [6.45, 7) is 4.98. The first-order valence-electron chi connectivity index (χ1n) is 11.1. The minimum Gasteiger partial charge on any atom is -0.370 e. The van der Waals surface area contributed by atoms with Crippen molar-refractivity contribution in [2.24, 2.45) is 0 Å². The predicted molar refractivity (Wildman–Crippen MR) is 118 cm³/mol. The molecule has 1 amide bonds. The van der Waals surface area contributed by atoms with Crippen molar-refractivity contribution >= 4 is 22.4 Å². The van der Waals surface area contributed by atoms with Crippen molar-refractivity contribution in [3.63, 3.8) is 0 Å². The first-order chi connectivity index (χ1) is 14.2. The Morgan fingerprint density at radius 3 is 2.55 bits per heavy atom. The zero-order valence-corrected chi connectivity index (χ0v) is 17.6. The summed E-state index contributed by atoms with van der Waals surface area (Å²) in [4.78, 5) is 16.4. The van der Waals surface area contributed by atoms with Crippen LogP contribution >= 0.6 is 0 Å². The lowest BCUT2D eigenvalue weighted by atomic mass is 9.79. The molecule has 2 aliphatic rings. The van der Waals surface area contributed by atoms with Crippen LogP contribution < -0.4 is 15.1 Å². The summed E-state index contributed by atoms with van der Waals surface area (Å²) in [5.74, 6) is 0.110. The number of rotatable bonds is 6. The van der Waals surface area contributed by atoms with Crippen LogP contribution in [0.2, 0.25) is 0 Å². The van der Waals surface area contributed by atoms with Gasteiger partial charge in [0.05, 0.1) is 26.3 Å². The molecule has 0 unspecified atom stereocenters. The Labute approximate surface area is 174 Å². The standard InChI is InChI=1S/C24H33N3O2/c1-26(22-10-9-20-7-3-4-8-21(20)17-22)18-23(28)25-19-24(11-5-2-6-12-24)27-13-15-29-16-14-27/h3-4,7-10,17H,2,5-6,11-16,18-19H2,1H3,(H,25,28)/p+1. The summed E-state index contributed by atoms with van der Waals surface area (Å²) in [6.07, 6.45) is 6.30. The number of benzene rings is 2. The molecule has 2 N–H and O–H groups in total. The summed E-state index contributed by atoms with van der Waals surface area (Å²) >= 11 is 0. The highest BCUT2D eigenvalue weighted by Crippen LogP contribution is 2.26. The van der Waals surface area contributed by atoms with E-state index in [1.54, 1.807) is 4.90 Å². The van der Waals surface area contributed by atoms with Crippen molar-refractivity contribution in [3.8, 4) is 0 Å². The third-order valence-corrected chi connectivity index (χ3v) is 6.84. The number of amides is 1. The van der Waals surface area contributed by atoms with Gasteiger partial charge in [0.1, 0.15) is 18.6 Å². The molecule has 2 aromatic rings. The number of nitrogens with zero attached hydrogens (tertiary/aromatic N) is 1. The Kier molecular flexibility index (Phi) is 6.36. The van der Waals surface area contributed by atoms with Crippen molar-refractivity contribution in [1.82, 2.24) is 5.32 Å². The van der Waals surface area contributed by atoms with Crippen molar-refractivity contribution in [2.45, 2.75) is 37.6 Å². The van der Waals surface area contributed by atoms with Crippen LogP contribution in [0.15, 0.2) is 42.5 Å². The lowest BCUT2D eigenvalue weighted by Gasteiger charge is -2.45. The number of likely N-dealkylation sites (N-methyl/N-ethyl adjacent to an activating group) is 1. The van der Waals surface area contributed by atoms with E-state index >= 15 is 0 Å². The maximum absolute atomic E-state index is 12.8. The van der Waals surface area contributed by atoms with Crippen LogP contribution in [-0.2, 0) is 9.53 Å². The molecule has 29 heavy (non-hydrogen) atoms. The van der Waals surface area contributed by atoms with Crippen LogP contribution in [0.5, 0.6) is 0 Å². The van der Waals surface area contributed by atoms with Crippen LogP contribution in [0.1, 0.15) is 32.1 Å². The summed E-state index contributed by atoms with van der Waals surface area (Å²) < 4.78 is 5.58. The molecule has 0 radical (unpaired) electrons. The molecule has 0 spiro atoms. The number of hydrogen-bond donors (Lipinski definition) is 2. The van der Waals surface area contributed by atoms with E-state index in [0.29, 0.717) is 6.54 Å². The van der Waals surface area contributed by atoms with E-state index in [1.165, 1.54) is 42.9 Å². The van der Waals surface area contributed by atoms with Gasteiger partial charge in [0.2, 0.25) is 5.91 Å². The van der Waals surface area contributed by atoms with Gasteiger partial charge in [0.25, 0.3) is 0 Å². The number of ether oxygens (including phenoxy) is 1. The molecule has 1 aliphatic carbocycles. The first-order valence-corrected chi connectivity index (χ1v) is 11.1. The van der Waals surface area contributed by atoms with Gasteiger partial charge < -0.3 is 19.9 Å². The van der Waals surface area contributed by atoms with Crippen molar-refractivity contribution in [1.29, 1.82) is 0 Å². The smallest absolute Gasteiger partial charge is 0.239 e. The van der Waals surface area contributed by atoms with E-state index in [1.807, 2.05) is 11.9 Å². The SMILES string of the molecule is CN(CC(=O)NCC1([NH+]2CCOCC2)CCCCC1)c1ccc2ccccc2c1. The summed E-state index contributed by atoms with van der Waals surface area (Å²) in [7, 11) is 1.99. The molecule has 0 bridgehead atoms. The lowest BCUT2D eigenvalue weighted by molar-refractivity contribution is -0.960. The van der Waals surface area contributed by atoms with E-state index in [4.69, 9.17) is 4.74 Å². The highest BCUT2D eigenvalue weighted by atomic mass is 16.5. The molecule has 4 rings (SSSR count). The average Bonchev–Trinajstić information content (AvgIpc) is 2.78. The number of fused-ring (bicyclic) bond motifs is 1. The first kappa shape index (κ1) is 20.2. The van der Waals surface area contributed by atoms with Gasteiger partial charge in [-0.25, -0.2) is 0 Å². The third kappa shape index (κ3) is 4.73. The van der Waals surface area contributed by atoms with Crippen molar-refractivity contribution in [3.05, 3.63) is 42.5 Å². The van der Waals surface area contributed by atoms with Gasteiger partial charge in [0, 0.05) is 25.6 Å². The van der Waals surface area contributed by atoms with Gasteiger partial charge in [-0.15, -0.1) is 0 Å². The average molecular weight is 397 g/mol. The third-order valence-electron chi connectivity index (χ3n) is 6.84. The van der Waals surface area contributed by atoms with Gasteiger partial charge in [-0.2, -0.15) is 0 Å². The van der Waals surface area contributed by atoms with Gasteiger partial charge in [-0.3, -0.25) is 4.79 Å².